The zero-order valence-electron chi connectivity index (χ0n) is 17.2. The van der Waals surface area contributed by atoms with Gasteiger partial charge in [0.2, 0.25) is 0 Å². The Morgan fingerprint density at radius 2 is 2.10 bits per heavy atom. The number of aromatic amines is 1. The highest BCUT2D eigenvalue weighted by Gasteiger charge is 2.23. The standard InChI is InChI=1S/C21H23FN6O2/c1-21(2,30)20(29)24-9-12-7-11(5-6-14(12)22)15-8-13-17-16(25-10-28(17)4)19(23-3)27-18(13)26-15/h5-8,10,30H,9H2,1-4H3,(H,24,29)(H2,23,26,27). The normalized spacial score (nSPS) is 11.9. The van der Waals surface area contributed by atoms with Crippen molar-refractivity contribution in [3.63, 3.8) is 0 Å². The fourth-order valence-corrected chi connectivity index (χ4v) is 3.40. The first-order valence-corrected chi connectivity index (χ1v) is 9.50. The van der Waals surface area contributed by atoms with Gasteiger partial charge in [0.05, 0.1) is 11.8 Å². The Morgan fingerprint density at radius 1 is 1.33 bits per heavy atom. The molecule has 156 valence electrons. The molecule has 1 amide bonds. The van der Waals surface area contributed by atoms with E-state index in [-0.39, 0.29) is 6.54 Å². The molecule has 0 bridgehead atoms. The SMILES string of the molecule is CNc1nc2[nH]c(-c3ccc(F)c(CNC(=O)C(C)(C)O)c3)cc2c2c1ncn2C. The third-order valence-electron chi connectivity index (χ3n) is 5.03. The van der Waals surface area contributed by atoms with Crippen LogP contribution in [0.15, 0.2) is 30.6 Å². The zero-order valence-corrected chi connectivity index (χ0v) is 17.2. The van der Waals surface area contributed by atoms with Gasteiger partial charge in [0.15, 0.2) is 5.82 Å². The fourth-order valence-electron chi connectivity index (χ4n) is 3.40. The summed E-state index contributed by atoms with van der Waals surface area (Å²) in [6, 6.07) is 6.65. The highest BCUT2D eigenvalue weighted by atomic mass is 19.1. The predicted octanol–water partition coefficient (Wildman–Crippen LogP) is 2.68. The zero-order chi connectivity index (χ0) is 21.6. The first-order valence-electron chi connectivity index (χ1n) is 9.50. The topological polar surface area (TPSA) is 108 Å². The van der Waals surface area contributed by atoms with E-state index in [0.717, 1.165) is 27.7 Å². The van der Waals surface area contributed by atoms with Crippen molar-refractivity contribution in [2.45, 2.75) is 26.0 Å². The molecule has 9 heteroatoms. The molecular formula is C21H23FN6O2. The quantitative estimate of drug-likeness (QED) is 0.405. The number of H-pyrrole nitrogens is 1. The molecule has 0 aliphatic rings. The van der Waals surface area contributed by atoms with Crippen molar-refractivity contribution < 1.29 is 14.3 Å². The molecule has 0 spiro atoms. The number of fused-ring (bicyclic) bond motifs is 3. The summed E-state index contributed by atoms with van der Waals surface area (Å²) >= 11 is 0. The lowest BCUT2D eigenvalue weighted by molar-refractivity contribution is -0.136. The third kappa shape index (κ3) is 3.37. The van der Waals surface area contributed by atoms with Crippen LogP contribution >= 0.6 is 0 Å². The van der Waals surface area contributed by atoms with E-state index < -0.39 is 17.3 Å². The molecule has 4 N–H and O–H groups in total. The molecule has 0 atom stereocenters. The molecule has 1 aromatic carbocycles. The second-order valence-corrected chi connectivity index (χ2v) is 7.76. The summed E-state index contributed by atoms with van der Waals surface area (Å²) in [7, 11) is 3.71. The number of aryl methyl sites for hydroxylation is 1. The second kappa shape index (κ2) is 7.10. The van der Waals surface area contributed by atoms with E-state index in [1.165, 1.54) is 19.9 Å². The van der Waals surface area contributed by atoms with Crippen LogP contribution in [0.3, 0.4) is 0 Å². The number of benzene rings is 1. The van der Waals surface area contributed by atoms with E-state index in [1.54, 1.807) is 25.5 Å². The van der Waals surface area contributed by atoms with E-state index >= 15 is 0 Å². The molecule has 0 unspecified atom stereocenters. The van der Waals surface area contributed by atoms with Crippen molar-refractivity contribution in [3.8, 4) is 11.3 Å². The van der Waals surface area contributed by atoms with Gasteiger partial charge in [-0.05, 0) is 43.7 Å². The van der Waals surface area contributed by atoms with E-state index in [2.05, 4.69) is 25.6 Å². The second-order valence-electron chi connectivity index (χ2n) is 7.76. The number of imidazole rings is 1. The lowest BCUT2D eigenvalue weighted by atomic mass is 10.1. The summed E-state index contributed by atoms with van der Waals surface area (Å²) in [5.74, 6) is -0.337. The van der Waals surface area contributed by atoms with Gasteiger partial charge in [-0.15, -0.1) is 0 Å². The van der Waals surface area contributed by atoms with Crippen LogP contribution < -0.4 is 10.6 Å². The first kappa shape index (κ1) is 19.8. The molecule has 3 heterocycles. The van der Waals surface area contributed by atoms with Crippen molar-refractivity contribution in [1.82, 2.24) is 24.8 Å². The highest BCUT2D eigenvalue weighted by Crippen LogP contribution is 2.32. The van der Waals surface area contributed by atoms with Gasteiger partial charge in [0.25, 0.3) is 5.91 Å². The minimum atomic E-state index is -1.53. The Hall–Kier alpha value is -3.46. The maximum Gasteiger partial charge on any atom is 0.251 e. The summed E-state index contributed by atoms with van der Waals surface area (Å²) in [5.41, 5.74) is 2.70. The van der Waals surface area contributed by atoms with Crippen LogP contribution in [0.5, 0.6) is 0 Å². The number of aromatic nitrogens is 4. The Balaban J connectivity index is 1.75. The van der Waals surface area contributed by atoms with Gasteiger partial charge in [-0.2, -0.15) is 0 Å². The summed E-state index contributed by atoms with van der Waals surface area (Å²) in [6.07, 6.45) is 1.74. The number of halogens is 1. The van der Waals surface area contributed by atoms with Gasteiger partial charge >= 0.3 is 0 Å². The number of hydrogen-bond acceptors (Lipinski definition) is 5. The monoisotopic (exact) mass is 410 g/mol. The van der Waals surface area contributed by atoms with Crippen molar-refractivity contribution in [1.29, 1.82) is 0 Å². The van der Waals surface area contributed by atoms with Gasteiger partial charge < -0.3 is 25.3 Å². The van der Waals surface area contributed by atoms with Crippen LogP contribution in [0.25, 0.3) is 33.3 Å². The number of carbonyl (C=O) groups excluding carboxylic acids is 1. The number of carbonyl (C=O) groups is 1. The highest BCUT2D eigenvalue weighted by molar-refractivity contribution is 6.07. The number of hydrogen-bond donors (Lipinski definition) is 4. The third-order valence-corrected chi connectivity index (χ3v) is 5.03. The van der Waals surface area contributed by atoms with Crippen LogP contribution in [0.1, 0.15) is 19.4 Å². The van der Waals surface area contributed by atoms with Crippen LogP contribution in [0.2, 0.25) is 0 Å². The fraction of sp³-hybridized carbons (Fsp3) is 0.286. The van der Waals surface area contributed by atoms with E-state index in [1.807, 2.05) is 17.7 Å². The van der Waals surface area contributed by atoms with E-state index in [0.29, 0.717) is 17.0 Å². The number of rotatable bonds is 5. The maximum absolute atomic E-state index is 14.3. The van der Waals surface area contributed by atoms with Gasteiger partial charge in [-0.1, -0.05) is 0 Å². The molecule has 30 heavy (non-hydrogen) atoms. The lowest BCUT2D eigenvalue weighted by Crippen LogP contribution is -2.41. The van der Waals surface area contributed by atoms with Gasteiger partial charge in [-0.3, -0.25) is 4.79 Å². The van der Waals surface area contributed by atoms with Gasteiger partial charge in [0, 0.05) is 37.3 Å². The number of pyridine rings is 1. The number of amides is 1. The number of aliphatic hydroxyl groups is 1. The molecule has 0 saturated heterocycles. The van der Waals surface area contributed by atoms with Crippen molar-refractivity contribution in [2.24, 2.45) is 7.05 Å². The first-order chi connectivity index (χ1) is 14.2. The molecule has 0 aliphatic carbocycles. The largest absolute Gasteiger partial charge is 0.381 e. The molecule has 0 fully saturated rings. The summed E-state index contributed by atoms with van der Waals surface area (Å²) < 4.78 is 16.2. The molecule has 4 rings (SSSR count). The average Bonchev–Trinajstić information content (AvgIpc) is 3.29. The van der Waals surface area contributed by atoms with Crippen molar-refractivity contribution in [3.05, 3.63) is 42.0 Å². The van der Waals surface area contributed by atoms with Gasteiger partial charge in [0.1, 0.15) is 22.6 Å². The Morgan fingerprint density at radius 3 is 2.80 bits per heavy atom. The van der Waals surface area contributed by atoms with E-state index in [4.69, 9.17) is 0 Å². The number of nitrogens with zero attached hydrogens (tertiary/aromatic N) is 3. The molecule has 0 radical (unpaired) electrons. The molecule has 3 aromatic heterocycles. The minimum absolute atomic E-state index is 0.0309. The van der Waals surface area contributed by atoms with Gasteiger partial charge in [-0.25, -0.2) is 14.4 Å². The number of anilines is 1. The number of nitrogens with one attached hydrogen (secondary N) is 3. The molecular weight excluding hydrogens is 387 g/mol. The molecule has 0 saturated carbocycles. The van der Waals surface area contributed by atoms with Crippen molar-refractivity contribution in [2.75, 3.05) is 12.4 Å². The van der Waals surface area contributed by atoms with Crippen LogP contribution in [-0.4, -0.2) is 43.2 Å². The van der Waals surface area contributed by atoms with E-state index in [9.17, 15) is 14.3 Å². The average molecular weight is 410 g/mol. The summed E-state index contributed by atoms with van der Waals surface area (Å²) in [6.45, 7) is 2.73. The predicted molar refractivity (Wildman–Crippen MR) is 113 cm³/mol. The maximum atomic E-state index is 14.3. The van der Waals surface area contributed by atoms with Crippen LogP contribution in [0.4, 0.5) is 10.2 Å². The summed E-state index contributed by atoms with van der Waals surface area (Å²) in [5, 5.41) is 16.3. The van der Waals surface area contributed by atoms with Crippen LogP contribution in [-0.2, 0) is 18.4 Å². The molecule has 8 nitrogen and oxygen atoms in total. The Labute approximate surface area is 172 Å². The smallest absolute Gasteiger partial charge is 0.251 e. The van der Waals surface area contributed by atoms with Crippen LogP contribution in [0, 0.1) is 5.82 Å². The molecule has 0 aliphatic heterocycles. The minimum Gasteiger partial charge on any atom is -0.381 e. The Bertz CT molecular complexity index is 1270. The summed E-state index contributed by atoms with van der Waals surface area (Å²) in [4.78, 5) is 24.2. The lowest BCUT2D eigenvalue weighted by Gasteiger charge is -2.17. The molecule has 4 aromatic rings. The van der Waals surface area contributed by atoms with Crippen molar-refractivity contribution >= 4 is 33.8 Å². The Kier molecular flexibility index (Phi) is 4.70.